The molecule has 2 aromatic carbocycles. The van der Waals surface area contributed by atoms with Crippen LogP contribution in [0, 0.1) is 23.7 Å². The van der Waals surface area contributed by atoms with Crippen molar-refractivity contribution in [3.63, 3.8) is 0 Å². The molecule has 4 N–H and O–H groups in total. The molecule has 48 heavy (non-hydrogen) atoms. The van der Waals surface area contributed by atoms with E-state index in [1.165, 1.54) is 18.8 Å². The predicted molar refractivity (Wildman–Crippen MR) is 183 cm³/mol. The van der Waals surface area contributed by atoms with E-state index in [9.17, 15) is 19.8 Å². The van der Waals surface area contributed by atoms with Crippen molar-refractivity contribution in [2.75, 3.05) is 0 Å². The molecule has 2 saturated carbocycles. The average Bonchev–Trinajstić information content (AvgIpc) is 3.80. The Hall–Kier alpha value is -4.44. The van der Waals surface area contributed by atoms with Crippen molar-refractivity contribution in [3.8, 4) is 23.7 Å². The highest BCUT2D eigenvalue weighted by atomic mass is 35.5. The second-order valence-corrected chi connectivity index (χ2v) is 13.0. The minimum atomic E-state index is -1.11. The van der Waals surface area contributed by atoms with Gasteiger partial charge in [-0.15, -0.1) is 0 Å². The number of hydrogen-bond donors (Lipinski definition) is 4. The number of benzene rings is 2. The van der Waals surface area contributed by atoms with E-state index in [0.29, 0.717) is 41.3 Å². The van der Waals surface area contributed by atoms with Gasteiger partial charge >= 0.3 is 0 Å². The first-order valence-corrected chi connectivity index (χ1v) is 16.5. The van der Waals surface area contributed by atoms with Gasteiger partial charge < -0.3 is 29.7 Å². The van der Waals surface area contributed by atoms with Crippen LogP contribution in [0.3, 0.4) is 0 Å². The van der Waals surface area contributed by atoms with Crippen LogP contribution in [0.1, 0.15) is 83.4 Å². The molecule has 8 nitrogen and oxygen atoms in total. The number of furan rings is 2. The van der Waals surface area contributed by atoms with E-state index in [1.54, 1.807) is 42.5 Å². The zero-order chi connectivity index (χ0) is 34.0. The minimum absolute atomic E-state index is 0.111. The topological polar surface area (TPSA) is 125 Å². The van der Waals surface area contributed by atoms with Crippen molar-refractivity contribution in [1.29, 1.82) is 0 Å². The molecule has 0 bridgehead atoms. The van der Waals surface area contributed by atoms with Crippen molar-refractivity contribution in [3.05, 3.63) is 118 Å². The molecule has 2 fully saturated rings. The number of nitrogens with one attached hydrogen (secondary N) is 2. The first-order chi connectivity index (χ1) is 23.1. The third kappa shape index (κ3) is 10.3. The zero-order valence-corrected chi connectivity index (χ0v) is 27.7. The molecule has 10 heteroatoms. The smallest absolute Gasteiger partial charge is 0.287 e. The summed E-state index contributed by atoms with van der Waals surface area (Å²) in [6.45, 7) is 0. The lowest BCUT2D eigenvalue weighted by atomic mass is 9.82. The van der Waals surface area contributed by atoms with E-state index in [0.717, 1.165) is 36.8 Å². The Morgan fingerprint density at radius 1 is 0.750 bits per heavy atom. The quantitative estimate of drug-likeness (QED) is 0.176. The summed E-state index contributed by atoms with van der Waals surface area (Å²) in [5.74, 6) is 11.7. The molecule has 2 aliphatic rings. The Morgan fingerprint density at radius 2 is 1.31 bits per heavy atom. The summed E-state index contributed by atoms with van der Waals surface area (Å²) in [5, 5.41) is 28.5. The molecule has 0 unspecified atom stereocenters. The number of hydrogen-bond acceptors (Lipinski definition) is 6. The maximum absolute atomic E-state index is 12.1. The van der Waals surface area contributed by atoms with Gasteiger partial charge in [-0.2, -0.15) is 0 Å². The molecule has 6 rings (SSSR count). The summed E-state index contributed by atoms with van der Waals surface area (Å²) < 4.78 is 10.0. The maximum atomic E-state index is 12.1. The summed E-state index contributed by atoms with van der Waals surface area (Å²) in [5.41, 5.74) is -0.205. The van der Waals surface area contributed by atoms with Gasteiger partial charge in [0, 0.05) is 46.1 Å². The van der Waals surface area contributed by atoms with E-state index >= 15 is 0 Å². The highest BCUT2D eigenvalue weighted by Gasteiger charge is 2.35. The van der Waals surface area contributed by atoms with Crippen molar-refractivity contribution in [2.45, 2.75) is 74.7 Å². The van der Waals surface area contributed by atoms with Crippen LogP contribution in [0.2, 0.25) is 10.0 Å². The van der Waals surface area contributed by atoms with Crippen LogP contribution < -0.4 is 10.6 Å². The van der Waals surface area contributed by atoms with Gasteiger partial charge in [0.05, 0.1) is 18.1 Å². The summed E-state index contributed by atoms with van der Waals surface area (Å²) in [6, 6.07) is 19.1. The summed E-state index contributed by atoms with van der Waals surface area (Å²) in [4.78, 5) is 24.2. The lowest BCUT2D eigenvalue weighted by Crippen LogP contribution is -2.45. The van der Waals surface area contributed by atoms with Crippen LogP contribution in [0.4, 0.5) is 0 Å². The standard InChI is InChI=1S/2C19H18ClNO3/c20-15-5-1-4-14(12-15)8-10-19(23)9-2-6-16(13-19)21-18(22)17-7-3-11-24-17;20-16-4-1-3-14(11-16)6-9-19(23)8-2-5-17(12-19)21-18(22)15-7-10-24-13-15/h1,3-5,7,11-12,16,23H,2,6,9,13H2,(H,21,22);1,3-4,7,10-11,13,17,23H,2,5,8,12H2,(H,21,22)/t16-,19+;17-,19+/m10/s1. The number of aliphatic hydroxyl groups is 2. The average molecular weight is 688 g/mol. The van der Waals surface area contributed by atoms with Crippen LogP contribution in [0.15, 0.2) is 94.4 Å². The summed E-state index contributed by atoms with van der Waals surface area (Å²) in [7, 11) is 0. The van der Waals surface area contributed by atoms with Gasteiger partial charge in [0.1, 0.15) is 17.5 Å². The van der Waals surface area contributed by atoms with Gasteiger partial charge in [-0.3, -0.25) is 9.59 Å². The van der Waals surface area contributed by atoms with E-state index in [1.807, 2.05) is 24.3 Å². The van der Waals surface area contributed by atoms with E-state index in [2.05, 4.69) is 34.3 Å². The van der Waals surface area contributed by atoms with Gasteiger partial charge in [-0.25, -0.2) is 0 Å². The highest BCUT2D eigenvalue weighted by molar-refractivity contribution is 6.31. The van der Waals surface area contributed by atoms with Gasteiger partial charge in [-0.05, 0) is 93.1 Å². The number of carbonyl (C=O) groups is 2. The Morgan fingerprint density at radius 3 is 1.79 bits per heavy atom. The first-order valence-electron chi connectivity index (χ1n) is 15.8. The highest BCUT2D eigenvalue weighted by Crippen LogP contribution is 2.29. The summed E-state index contributed by atoms with van der Waals surface area (Å²) >= 11 is 11.9. The third-order valence-electron chi connectivity index (χ3n) is 8.18. The molecular weight excluding hydrogens is 651 g/mol. The van der Waals surface area contributed by atoms with Crippen LogP contribution in [0.5, 0.6) is 0 Å². The van der Waals surface area contributed by atoms with Crippen molar-refractivity contribution < 1.29 is 28.6 Å². The molecule has 0 saturated heterocycles. The minimum Gasteiger partial charge on any atom is -0.472 e. The number of rotatable bonds is 4. The van der Waals surface area contributed by atoms with E-state index in [4.69, 9.17) is 32.0 Å². The Labute approximate surface area is 289 Å². The van der Waals surface area contributed by atoms with Gasteiger partial charge in [0.2, 0.25) is 0 Å². The molecule has 4 aromatic rings. The number of halogens is 2. The molecule has 2 aliphatic carbocycles. The molecule has 4 atom stereocenters. The molecule has 0 spiro atoms. The molecule has 0 radical (unpaired) electrons. The maximum Gasteiger partial charge on any atom is 0.287 e. The molecule has 0 aliphatic heterocycles. The fraction of sp³-hybridized carbons (Fsp3) is 0.316. The number of carbonyl (C=O) groups excluding carboxylic acids is 2. The Bertz CT molecular complexity index is 1680. The lowest BCUT2D eigenvalue weighted by molar-refractivity contribution is 0.0441. The molecular formula is C38H36Cl2N2O6. The Kier molecular flexibility index (Phi) is 11.7. The van der Waals surface area contributed by atoms with Gasteiger partial charge in [-0.1, -0.05) is 59.0 Å². The monoisotopic (exact) mass is 686 g/mol. The SMILES string of the molecule is O=C(N[C@@H]1CCC[C@](O)(C#Cc2cccc(Cl)c2)C1)c1ccco1.O=C(N[C@H]1CCC[C@@](O)(C#Cc2cccc(Cl)c2)C1)c1ccoc1. The van der Waals surface area contributed by atoms with Crippen LogP contribution in [-0.2, 0) is 0 Å². The zero-order valence-electron chi connectivity index (χ0n) is 26.2. The predicted octanol–water partition coefficient (Wildman–Crippen LogP) is 6.78. The second-order valence-electron chi connectivity index (χ2n) is 12.1. The third-order valence-corrected chi connectivity index (χ3v) is 8.65. The van der Waals surface area contributed by atoms with Crippen molar-refractivity contribution in [1.82, 2.24) is 10.6 Å². The van der Waals surface area contributed by atoms with Crippen LogP contribution in [-0.4, -0.2) is 45.3 Å². The van der Waals surface area contributed by atoms with E-state index < -0.39 is 11.2 Å². The molecule has 2 heterocycles. The van der Waals surface area contributed by atoms with Crippen LogP contribution in [0.25, 0.3) is 0 Å². The van der Waals surface area contributed by atoms with Crippen molar-refractivity contribution in [2.24, 2.45) is 0 Å². The van der Waals surface area contributed by atoms with Crippen molar-refractivity contribution >= 4 is 35.0 Å². The van der Waals surface area contributed by atoms with Gasteiger partial charge in [0.15, 0.2) is 5.76 Å². The largest absolute Gasteiger partial charge is 0.472 e. The molecule has 2 amide bonds. The van der Waals surface area contributed by atoms with E-state index in [-0.39, 0.29) is 29.7 Å². The molecule has 2 aromatic heterocycles. The lowest BCUT2D eigenvalue weighted by Gasteiger charge is -2.33. The normalized spacial score (nSPS) is 23.2. The van der Waals surface area contributed by atoms with Crippen LogP contribution >= 0.6 is 23.2 Å². The summed E-state index contributed by atoms with van der Waals surface area (Å²) in [6.07, 6.45) is 9.55. The number of amides is 2. The fourth-order valence-electron chi connectivity index (χ4n) is 5.81. The first kappa shape index (κ1) is 34.9. The fourth-order valence-corrected chi connectivity index (χ4v) is 6.20. The Balaban J connectivity index is 0.000000188. The van der Waals surface area contributed by atoms with Gasteiger partial charge in [0.25, 0.3) is 11.8 Å². The second kappa shape index (κ2) is 16.1. The molecule has 248 valence electrons.